The minimum Gasteiger partial charge on any atom is -0.455 e. The van der Waals surface area contributed by atoms with Gasteiger partial charge in [0.05, 0.1) is 0 Å². The molecule has 0 saturated carbocycles. The van der Waals surface area contributed by atoms with Crippen LogP contribution in [0, 0.1) is 0 Å². The lowest BCUT2D eigenvalue weighted by Crippen LogP contribution is -2.71. The third-order valence-electron chi connectivity index (χ3n) is 4.53. The van der Waals surface area contributed by atoms with Crippen molar-refractivity contribution in [3.8, 4) is 0 Å². The van der Waals surface area contributed by atoms with Crippen LogP contribution in [0.3, 0.4) is 0 Å². The maximum Gasteiger partial charge on any atom is 0.355 e. The van der Waals surface area contributed by atoms with Gasteiger partial charge >= 0.3 is 5.97 Å². The van der Waals surface area contributed by atoms with Gasteiger partial charge in [-0.3, -0.25) is 19.3 Å². The number of esters is 1. The number of nitrogens with zero attached hydrogens (tertiary/aromatic N) is 3. The molecular weight excluding hydrogens is 485 g/mol. The van der Waals surface area contributed by atoms with Gasteiger partial charge in [-0.25, -0.2) is 9.78 Å². The lowest BCUT2D eigenvalue weighted by atomic mass is 10.0. The lowest BCUT2D eigenvalue weighted by molar-refractivity contribution is -0.158. The number of anilines is 1. The predicted octanol–water partition coefficient (Wildman–Crippen LogP) is 1.22. The van der Waals surface area contributed by atoms with Gasteiger partial charge < -0.3 is 20.6 Å². The fourth-order valence-corrected chi connectivity index (χ4v) is 5.00. The van der Waals surface area contributed by atoms with Crippen LogP contribution in [0.1, 0.15) is 33.4 Å². The molecule has 34 heavy (non-hydrogen) atoms. The number of rotatable bonds is 8. The summed E-state index contributed by atoms with van der Waals surface area (Å²) >= 11 is 2.47. The molecule has 1 aromatic rings. The van der Waals surface area contributed by atoms with E-state index in [1.807, 2.05) is 0 Å². The van der Waals surface area contributed by atoms with Gasteiger partial charge in [-0.05, 0) is 33.3 Å². The number of amides is 2. The molecule has 11 nitrogen and oxygen atoms in total. The van der Waals surface area contributed by atoms with Crippen molar-refractivity contribution in [3.63, 3.8) is 0 Å². The Morgan fingerprint density at radius 3 is 2.68 bits per heavy atom. The molecule has 0 unspecified atom stereocenters. The van der Waals surface area contributed by atoms with E-state index in [2.05, 4.69) is 22.0 Å². The second-order valence-corrected chi connectivity index (χ2v) is 10.4. The number of fused-ring (bicyclic) bond motifs is 1. The van der Waals surface area contributed by atoms with Gasteiger partial charge in [0.2, 0.25) is 0 Å². The molecule has 2 amide bonds. The second-order valence-electron chi connectivity index (χ2n) is 8.43. The molecule has 3 rings (SSSR count). The van der Waals surface area contributed by atoms with Crippen LogP contribution in [0.15, 0.2) is 34.5 Å². The average Bonchev–Trinajstić information content (AvgIpc) is 3.17. The molecule has 1 saturated heterocycles. The molecule has 3 heterocycles. The van der Waals surface area contributed by atoms with Gasteiger partial charge in [-0.1, -0.05) is 17.8 Å². The number of oxime groups is 1. The Balaban J connectivity index is 1.80. The number of nitrogen functional groups attached to an aromatic ring is 1. The number of ketones is 1. The van der Waals surface area contributed by atoms with E-state index in [0.717, 1.165) is 11.3 Å². The van der Waals surface area contributed by atoms with Crippen LogP contribution in [-0.2, 0) is 28.8 Å². The minimum atomic E-state index is -0.921. The van der Waals surface area contributed by atoms with Gasteiger partial charge in [0, 0.05) is 11.1 Å². The zero-order valence-electron chi connectivity index (χ0n) is 19.1. The molecule has 2 aliphatic rings. The number of nitrogens with one attached hydrogen (secondary N) is 1. The number of ether oxygens (including phenoxy) is 1. The zero-order chi connectivity index (χ0) is 25.2. The number of carbonyl (C=O) groups is 4. The fourth-order valence-electron chi connectivity index (χ4n) is 3.11. The molecule has 182 valence electrons. The average molecular weight is 511 g/mol. The first-order valence-corrected chi connectivity index (χ1v) is 12.1. The number of Topliss-reactive ketones (excluding diaryl/α,β-unsaturated/α-hetero) is 1. The Morgan fingerprint density at radius 1 is 1.41 bits per heavy atom. The Kier molecular flexibility index (Phi) is 7.46. The van der Waals surface area contributed by atoms with Crippen molar-refractivity contribution in [2.45, 2.75) is 44.7 Å². The SMILES string of the molecule is C=CC1=C(C(=O)OC(C)(C)C)N2C(=O)[C@@H](NC(=O)/C(=N\OCC(C)=O)c3cs[13c]([15NH2])[15n]3)[C@H]2SC1. The molecule has 13 heteroatoms. The molecule has 0 aromatic carbocycles. The molecule has 2 aliphatic heterocycles. The van der Waals surface area contributed by atoms with E-state index < -0.39 is 34.8 Å². The highest BCUT2D eigenvalue weighted by Crippen LogP contribution is 2.41. The number of allylic oxidation sites excluding steroid dienone is 1. The van der Waals surface area contributed by atoms with E-state index in [1.54, 1.807) is 20.8 Å². The fraction of sp³-hybridized carbons (Fsp3) is 0.429. The van der Waals surface area contributed by atoms with Crippen molar-refractivity contribution < 1.29 is 28.8 Å². The number of aromatic nitrogens is 1. The quantitative estimate of drug-likeness (QED) is 0.173. The standard InChI is InChI=1S/C21H25N5O6S2/c1-6-11-8-33-18-14(17(29)26(18)15(11)19(30)32-21(3,4)5)24-16(28)13(25-31-7-10(2)27)12-9-34-20(22)23-12/h6,9,14,18H,1,7-8H2,2-5H3,(H2,22,23)(H,24,28)/b25-13-/t14-,18-/m1/s1/i20+1,22+1,23+1. The Labute approximate surface area is 204 Å². The third kappa shape index (κ3) is 5.47. The van der Waals surface area contributed by atoms with Gasteiger partial charge in [0.15, 0.2) is 23.2 Å². The highest BCUT2D eigenvalue weighted by Gasteiger charge is 2.54. The summed E-state index contributed by atoms with van der Waals surface area (Å²) in [5.74, 6) is -1.73. The van der Waals surface area contributed by atoms with E-state index in [-0.39, 0.29) is 34.6 Å². The first-order valence-electron chi connectivity index (χ1n) is 10.2. The predicted molar refractivity (Wildman–Crippen MR) is 128 cm³/mol. The van der Waals surface area contributed by atoms with Crippen LogP contribution < -0.4 is 11.1 Å². The summed E-state index contributed by atoms with van der Waals surface area (Å²) in [5, 5.41) is 7.56. The molecule has 0 spiro atoms. The van der Waals surface area contributed by atoms with Crippen LogP contribution in [-0.4, -0.2) is 68.5 Å². The molecule has 0 aliphatic carbocycles. The lowest BCUT2D eigenvalue weighted by Gasteiger charge is -2.49. The van der Waals surface area contributed by atoms with Crippen molar-refractivity contribution in [2.75, 3.05) is 18.1 Å². The third-order valence-corrected chi connectivity index (χ3v) is 6.50. The first-order chi connectivity index (χ1) is 15.9. The van der Waals surface area contributed by atoms with Crippen LogP contribution in [0.2, 0.25) is 0 Å². The Morgan fingerprint density at radius 2 is 2.12 bits per heavy atom. The molecule has 0 bridgehead atoms. The summed E-state index contributed by atoms with van der Waals surface area (Å²) in [7, 11) is 0. The van der Waals surface area contributed by atoms with Crippen LogP contribution in [0.5, 0.6) is 0 Å². The van der Waals surface area contributed by atoms with Crippen molar-refractivity contribution in [1.82, 2.24) is 15.2 Å². The normalized spacial score (nSPS) is 20.3. The van der Waals surface area contributed by atoms with Gasteiger partial charge in [-0.15, -0.1) is 23.1 Å². The van der Waals surface area contributed by atoms with E-state index in [9.17, 15) is 19.2 Å². The van der Waals surface area contributed by atoms with E-state index in [0.29, 0.717) is 11.3 Å². The maximum absolute atomic E-state index is 13.0. The number of β-lactam (4-membered cyclic amide) rings is 1. The monoisotopic (exact) mass is 510 g/mol. The number of hydrogen-bond acceptors (Lipinski definition) is 11. The number of nitrogens with two attached hydrogens (primary N) is 1. The Hall–Kier alpha value is -3.19. The van der Waals surface area contributed by atoms with Crippen molar-refractivity contribution in [1.29, 1.82) is 0 Å². The molecule has 1 aromatic heterocycles. The number of hydrogen-bond donors (Lipinski definition) is 2. The highest BCUT2D eigenvalue weighted by atomic mass is 32.2. The van der Waals surface area contributed by atoms with Crippen LogP contribution in [0.4, 0.5) is 5.13 Å². The number of thioether (sulfide) groups is 1. The van der Waals surface area contributed by atoms with Crippen molar-refractivity contribution in [2.24, 2.45) is 5.16 Å². The molecule has 3 N–H and O–H groups in total. The molecule has 1 fully saturated rings. The van der Waals surface area contributed by atoms with Crippen LogP contribution in [0.25, 0.3) is 0 Å². The molecule has 0 radical (unpaired) electrons. The van der Waals surface area contributed by atoms with Gasteiger partial charge in [0.1, 0.15) is 28.4 Å². The maximum atomic E-state index is 13.0. The minimum absolute atomic E-state index is 0.120. The van der Waals surface area contributed by atoms with Gasteiger partial charge in [0.25, 0.3) is 11.8 Å². The van der Waals surface area contributed by atoms with Gasteiger partial charge in [-0.2, -0.15) is 0 Å². The highest BCUT2D eigenvalue weighted by molar-refractivity contribution is 8.00. The molecular formula is C21H25N5O6S2. The van der Waals surface area contributed by atoms with E-state index in [1.165, 1.54) is 35.0 Å². The van der Waals surface area contributed by atoms with E-state index >= 15 is 0 Å². The summed E-state index contributed by atoms with van der Waals surface area (Å²) in [5.41, 5.74) is 5.52. The summed E-state index contributed by atoms with van der Waals surface area (Å²) in [6.45, 7) is 9.90. The molecule has 2 atom stereocenters. The largest absolute Gasteiger partial charge is 0.455 e. The number of thiazole rings is 1. The number of carbonyl (C=O) groups excluding carboxylic acids is 4. The smallest absolute Gasteiger partial charge is 0.355 e. The van der Waals surface area contributed by atoms with Crippen molar-refractivity contribution >= 4 is 57.5 Å². The zero-order valence-corrected chi connectivity index (χ0v) is 20.7. The summed E-state index contributed by atoms with van der Waals surface area (Å²) in [6.07, 6.45) is 1.52. The van der Waals surface area contributed by atoms with Crippen LogP contribution >= 0.6 is 23.1 Å². The summed E-state index contributed by atoms with van der Waals surface area (Å²) < 4.78 is 5.47. The second kappa shape index (κ2) is 9.97. The van der Waals surface area contributed by atoms with E-state index in [4.69, 9.17) is 15.3 Å². The van der Waals surface area contributed by atoms with Crippen molar-refractivity contribution in [3.05, 3.63) is 35.0 Å². The topological polar surface area (TPSA) is 153 Å². The summed E-state index contributed by atoms with van der Waals surface area (Å²) in [6, 6.07) is -0.921. The summed E-state index contributed by atoms with van der Waals surface area (Å²) in [4.78, 5) is 60.3. The Bertz CT molecular complexity index is 1100. The first kappa shape index (κ1) is 25.4.